The summed E-state index contributed by atoms with van der Waals surface area (Å²) in [4.78, 5) is 15.3. The minimum Gasteiger partial charge on any atom is -0.662 e. The first-order chi connectivity index (χ1) is 8.14. The van der Waals surface area contributed by atoms with Crippen molar-refractivity contribution in [3.8, 4) is 0 Å². The summed E-state index contributed by atoms with van der Waals surface area (Å²) in [7, 11) is 0. The summed E-state index contributed by atoms with van der Waals surface area (Å²) in [6.07, 6.45) is 4.81. The van der Waals surface area contributed by atoms with Crippen LogP contribution in [0.4, 0.5) is 0 Å². The van der Waals surface area contributed by atoms with E-state index in [-0.39, 0.29) is 11.3 Å². The van der Waals surface area contributed by atoms with Crippen molar-refractivity contribution in [2.45, 2.75) is 73.6 Å². The van der Waals surface area contributed by atoms with Crippen LogP contribution in [0.2, 0.25) is 0 Å². The maximum absolute atomic E-state index is 11.6. The van der Waals surface area contributed by atoms with E-state index in [9.17, 15) is 10.1 Å². The number of carbonyl (C=O) groups is 1. The first-order valence-corrected chi connectivity index (χ1v) is 6.97. The molecule has 0 fully saturated rings. The van der Waals surface area contributed by atoms with Crippen molar-refractivity contribution in [2.75, 3.05) is 0 Å². The number of hydrogen-bond donors (Lipinski definition) is 0. The van der Waals surface area contributed by atoms with E-state index in [0.717, 1.165) is 32.1 Å². The molecule has 3 nitrogen and oxygen atoms in total. The Hall–Kier alpha value is -0.570. The summed E-state index contributed by atoms with van der Waals surface area (Å²) in [6.45, 7) is 12.7. The third-order valence-corrected chi connectivity index (χ3v) is 3.89. The Bertz CT molecular complexity index is 251. The Morgan fingerprint density at radius 2 is 1.72 bits per heavy atom. The number of hydrogen-bond acceptors (Lipinski definition) is 3. The largest absolute Gasteiger partial charge is 0.662 e. The quantitative estimate of drug-likeness (QED) is 0.398. The normalized spacial score (nSPS) is 14.4. The van der Waals surface area contributed by atoms with Gasteiger partial charge in [0.2, 0.25) is 0 Å². The molecule has 0 aromatic heterocycles. The highest BCUT2D eigenvalue weighted by Gasteiger charge is 2.33. The van der Waals surface area contributed by atoms with E-state index in [4.69, 9.17) is 0 Å². The summed E-state index contributed by atoms with van der Waals surface area (Å²) < 4.78 is 0. The maximum atomic E-state index is 11.6. The van der Waals surface area contributed by atoms with Crippen LogP contribution in [0.3, 0.4) is 0 Å². The van der Waals surface area contributed by atoms with Crippen molar-refractivity contribution < 1.29 is 14.9 Å². The minimum atomic E-state index is -0.599. The lowest BCUT2D eigenvalue weighted by molar-refractivity contribution is -0.658. The van der Waals surface area contributed by atoms with Crippen LogP contribution < -0.4 is 5.26 Å². The van der Waals surface area contributed by atoms with Gasteiger partial charge in [0, 0.05) is 0 Å². The van der Waals surface area contributed by atoms with E-state index in [1.807, 2.05) is 20.8 Å². The lowest BCUT2D eigenvalue weighted by Gasteiger charge is -2.32. The van der Waals surface area contributed by atoms with E-state index in [1.165, 1.54) is 0 Å². The molecule has 0 radical (unpaired) electrons. The van der Waals surface area contributed by atoms with Crippen LogP contribution in [0.25, 0.3) is 0 Å². The summed E-state index contributed by atoms with van der Waals surface area (Å²) in [6, 6.07) is 0. The summed E-state index contributed by atoms with van der Waals surface area (Å²) in [5.74, 6) is -0.877. The van der Waals surface area contributed by atoms with Gasteiger partial charge in [-0.15, -0.1) is 0 Å². The molecule has 0 saturated heterocycles. The third kappa shape index (κ3) is 6.39. The zero-order valence-corrected chi connectivity index (χ0v) is 12.8. The molecular weight excluding hydrogens is 228 g/mol. The molecule has 0 saturated carbocycles. The van der Waals surface area contributed by atoms with E-state index >= 15 is 0 Å². The molecular formula is C15H29O3-. The van der Waals surface area contributed by atoms with Gasteiger partial charge in [0.25, 0.3) is 0 Å². The molecule has 18 heavy (non-hydrogen) atoms. The van der Waals surface area contributed by atoms with Gasteiger partial charge < -0.3 is 10.1 Å². The van der Waals surface area contributed by atoms with Gasteiger partial charge in [-0.25, -0.2) is 0 Å². The molecule has 0 rings (SSSR count). The molecule has 0 aromatic carbocycles. The Labute approximate surface area is 112 Å². The molecule has 0 aliphatic rings. The summed E-state index contributed by atoms with van der Waals surface area (Å²) in [5, 5.41) is 10.4. The van der Waals surface area contributed by atoms with Crippen molar-refractivity contribution in [3.63, 3.8) is 0 Å². The molecule has 0 aromatic rings. The molecule has 0 heterocycles. The van der Waals surface area contributed by atoms with Gasteiger partial charge in [-0.05, 0) is 23.7 Å². The topological polar surface area (TPSA) is 49.4 Å². The van der Waals surface area contributed by atoms with E-state index in [1.54, 1.807) is 0 Å². The molecule has 0 aliphatic carbocycles. The highest BCUT2D eigenvalue weighted by Crippen LogP contribution is 2.35. The summed E-state index contributed by atoms with van der Waals surface area (Å²) >= 11 is 0. The first kappa shape index (κ1) is 17.4. The highest BCUT2D eigenvalue weighted by atomic mass is 17.1. The Morgan fingerprint density at radius 3 is 2.11 bits per heavy atom. The van der Waals surface area contributed by atoms with Crippen molar-refractivity contribution in [1.82, 2.24) is 0 Å². The number of carbonyl (C=O) groups excluding carboxylic acids is 1. The lowest BCUT2D eigenvalue weighted by Crippen LogP contribution is -2.34. The maximum Gasteiger partial charge on any atom is 0.303 e. The van der Waals surface area contributed by atoms with Crippen LogP contribution in [-0.2, 0) is 9.68 Å². The molecule has 0 bridgehead atoms. The second-order valence-corrected chi connectivity index (χ2v) is 7.10. The predicted octanol–water partition coefficient (Wildman–Crippen LogP) is 3.46. The molecule has 0 N–H and O–H groups in total. The van der Waals surface area contributed by atoms with E-state index in [0.29, 0.717) is 5.41 Å². The van der Waals surface area contributed by atoms with Gasteiger partial charge in [-0.2, -0.15) is 0 Å². The first-order valence-electron chi connectivity index (χ1n) is 6.97. The van der Waals surface area contributed by atoms with Crippen LogP contribution in [0.5, 0.6) is 0 Å². The van der Waals surface area contributed by atoms with Crippen molar-refractivity contribution in [2.24, 2.45) is 16.7 Å². The molecule has 0 aliphatic heterocycles. The zero-order chi connectivity index (χ0) is 14.4. The Morgan fingerprint density at radius 1 is 1.17 bits per heavy atom. The predicted molar refractivity (Wildman–Crippen MR) is 71.6 cm³/mol. The Balaban J connectivity index is 4.32. The smallest absolute Gasteiger partial charge is 0.303 e. The zero-order valence-electron chi connectivity index (χ0n) is 12.8. The average molecular weight is 257 g/mol. The van der Waals surface area contributed by atoms with Gasteiger partial charge in [0.15, 0.2) is 0 Å². The standard InChI is InChI=1S/C15H30O3/c1-7-15(5,6)12(13(16)18-17)10-8-9-11-14(2,3)4/h12,17H,7-11H2,1-6H3/p-1. The van der Waals surface area contributed by atoms with E-state index < -0.39 is 5.97 Å². The van der Waals surface area contributed by atoms with Gasteiger partial charge in [-0.1, -0.05) is 60.8 Å². The number of unbranched alkanes of at least 4 members (excludes halogenated alkanes) is 1. The molecule has 0 spiro atoms. The van der Waals surface area contributed by atoms with E-state index in [2.05, 4.69) is 25.7 Å². The van der Waals surface area contributed by atoms with Crippen LogP contribution in [0, 0.1) is 16.7 Å². The van der Waals surface area contributed by atoms with Gasteiger partial charge in [0.1, 0.15) is 0 Å². The fourth-order valence-electron chi connectivity index (χ4n) is 2.14. The van der Waals surface area contributed by atoms with Crippen LogP contribution in [0.1, 0.15) is 73.6 Å². The Kier molecular flexibility index (Phi) is 6.90. The van der Waals surface area contributed by atoms with Gasteiger partial charge >= 0.3 is 5.97 Å². The monoisotopic (exact) mass is 257 g/mol. The second-order valence-electron chi connectivity index (χ2n) is 7.10. The van der Waals surface area contributed by atoms with Crippen LogP contribution in [-0.4, -0.2) is 5.97 Å². The van der Waals surface area contributed by atoms with Crippen molar-refractivity contribution >= 4 is 5.97 Å². The van der Waals surface area contributed by atoms with Crippen molar-refractivity contribution in [3.05, 3.63) is 0 Å². The van der Waals surface area contributed by atoms with Gasteiger partial charge in [0.05, 0.1) is 5.92 Å². The fourth-order valence-corrected chi connectivity index (χ4v) is 2.14. The molecule has 1 unspecified atom stereocenters. The highest BCUT2D eigenvalue weighted by molar-refractivity contribution is 5.72. The van der Waals surface area contributed by atoms with Crippen LogP contribution in [0.15, 0.2) is 0 Å². The molecule has 1 atom stereocenters. The van der Waals surface area contributed by atoms with Crippen LogP contribution >= 0.6 is 0 Å². The molecule has 3 heteroatoms. The molecule has 108 valence electrons. The van der Waals surface area contributed by atoms with Gasteiger partial charge in [-0.3, -0.25) is 4.79 Å². The third-order valence-electron chi connectivity index (χ3n) is 3.89. The fraction of sp³-hybridized carbons (Fsp3) is 0.933. The SMILES string of the molecule is CCC(C)(C)C(CCCCC(C)(C)C)C(=O)O[O-]. The minimum absolute atomic E-state index is 0.163. The van der Waals surface area contributed by atoms with Crippen molar-refractivity contribution in [1.29, 1.82) is 0 Å². The summed E-state index contributed by atoms with van der Waals surface area (Å²) in [5.41, 5.74) is 0.165. The second kappa shape index (κ2) is 7.13. The number of rotatable bonds is 7. The lowest BCUT2D eigenvalue weighted by atomic mass is 9.74. The average Bonchev–Trinajstić information content (AvgIpc) is 2.26. The molecule has 0 amide bonds.